The van der Waals surface area contributed by atoms with Crippen LogP contribution < -0.4 is 4.74 Å². The lowest BCUT2D eigenvalue weighted by Gasteiger charge is -2.28. The summed E-state index contributed by atoms with van der Waals surface area (Å²) in [6, 6.07) is 5.86. The van der Waals surface area contributed by atoms with Gasteiger partial charge in [0.1, 0.15) is 17.7 Å². The molecule has 0 amide bonds. The van der Waals surface area contributed by atoms with E-state index < -0.39 is 0 Å². The van der Waals surface area contributed by atoms with Crippen LogP contribution in [0.4, 0.5) is 0 Å². The number of imidazole rings is 1. The third-order valence-electron chi connectivity index (χ3n) is 4.65. The van der Waals surface area contributed by atoms with Gasteiger partial charge in [-0.2, -0.15) is 0 Å². The van der Waals surface area contributed by atoms with Crippen LogP contribution in [-0.2, 0) is 0 Å². The predicted octanol–water partition coefficient (Wildman–Crippen LogP) is 2.51. The maximum Gasteiger partial charge on any atom is 0.140 e. The van der Waals surface area contributed by atoms with E-state index in [1.807, 2.05) is 35.0 Å². The topological polar surface area (TPSA) is 55.6 Å². The Morgan fingerprint density at radius 2 is 2.08 bits per heavy atom. The number of ether oxygens (including phenoxy) is 1. The average molecular weight is 323 g/mol. The van der Waals surface area contributed by atoms with E-state index in [1.54, 1.807) is 12.5 Å². The van der Waals surface area contributed by atoms with Crippen molar-refractivity contribution >= 4 is 5.65 Å². The summed E-state index contributed by atoms with van der Waals surface area (Å²) < 4.78 is 8.02. The Morgan fingerprint density at radius 1 is 1.21 bits per heavy atom. The third-order valence-corrected chi connectivity index (χ3v) is 4.65. The van der Waals surface area contributed by atoms with Crippen molar-refractivity contribution < 1.29 is 4.74 Å². The molecule has 0 saturated carbocycles. The van der Waals surface area contributed by atoms with Crippen LogP contribution in [0.5, 0.6) is 5.75 Å². The number of piperidine rings is 1. The number of hydrogen-bond acceptors (Lipinski definition) is 5. The molecule has 0 bridgehead atoms. The lowest BCUT2D eigenvalue weighted by molar-refractivity contribution is 0.160. The molecule has 0 radical (unpaired) electrons. The summed E-state index contributed by atoms with van der Waals surface area (Å²) in [5, 5.41) is 0. The Hall–Kier alpha value is -2.47. The van der Waals surface area contributed by atoms with Crippen molar-refractivity contribution in [2.75, 3.05) is 26.7 Å². The lowest BCUT2D eigenvalue weighted by Crippen LogP contribution is -2.32. The normalized spacial score (nSPS) is 16.5. The number of likely N-dealkylation sites (tertiary alicyclic amines) is 1. The predicted molar refractivity (Wildman–Crippen MR) is 91.9 cm³/mol. The molecule has 0 atom stereocenters. The molecule has 4 heterocycles. The third kappa shape index (κ3) is 3.10. The van der Waals surface area contributed by atoms with Gasteiger partial charge in [0.05, 0.1) is 24.2 Å². The number of aromatic nitrogens is 4. The van der Waals surface area contributed by atoms with Gasteiger partial charge in [0, 0.05) is 18.5 Å². The Bertz CT molecular complexity index is 809. The summed E-state index contributed by atoms with van der Waals surface area (Å²) in [7, 11) is 2.18. The van der Waals surface area contributed by atoms with Crippen LogP contribution in [0.2, 0.25) is 0 Å². The fourth-order valence-electron chi connectivity index (χ4n) is 3.13. The van der Waals surface area contributed by atoms with Crippen molar-refractivity contribution in [2.45, 2.75) is 12.8 Å². The number of nitrogens with zero attached hydrogens (tertiary/aromatic N) is 5. The largest absolute Gasteiger partial charge is 0.493 e. The van der Waals surface area contributed by atoms with Crippen LogP contribution in [0.3, 0.4) is 0 Å². The molecule has 3 aromatic rings. The van der Waals surface area contributed by atoms with Gasteiger partial charge < -0.3 is 9.64 Å². The average Bonchev–Trinajstić information content (AvgIpc) is 3.05. The molecule has 24 heavy (non-hydrogen) atoms. The minimum absolute atomic E-state index is 0.647. The van der Waals surface area contributed by atoms with Crippen LogP contribution in [0, 0.1) is 5.92 Å². The Kier molecular flexibility index (Phi) is 4.13. The van der Waals surface area contributed by atoms with E-state index in [9.17, 15) is 0 Å². The van der Waals surface area contributed by atoms with E-state index in [1.165, 1.54) is 12.8 Å². The van der Waals surface area contributed by atoms with Crippen LogP contribution in [0.1, 0.15) is 12.8 Å². The first-order valence-corrected chi connectivity index (χ1v) is 8.34. The molecular weight excluding hydrogens is 302 g/mol. The second kappa shape index (κ2) is 6.57. The zero-order valence-electron chi connectivity index (χ0n) is 13.8. The van der Waals surface area contributed by atoms with Crippen molar-refractivity contribution in [3.8, 4) is 17.1 Å². The van der Waals surface area contributed by atoms with Gasteiger partial charge in [-0.1, -0.05) is 0 Å². The molecule has 0 spiro atoms. The Balaban J connectivity index is 1.48. The molecule has 1 fully saturated rings. The number of pyridine rings is 1. The summed E-state index contributed by atoms with van der Waals surface area (Å²) in [4.78, 5) is 15.1. The number of fused-ring (bicyclic) bond motifs is 1. The fourth-order valence-corrected chi connectivity index (χ4v) is 3.13. The first-order valence-electron chi connectivity index (χ1n) is 8.34. The van der Waals surface area contributed by atoms with E-state index in [2.05, 4.69) is 26.9 Å². The highest BCUT2D eigenvalue weighted by Gasteiger charge is 2.17. The van der Waals surface area contributed by atoms with Crippen molar-refractivity contribution in [1.29, 1.82) is 0 Å². The van der Waals surface area contributed by atoms with Gasteiger partial charge in [0.15, 0.2) is 0 Å². The maximum atomic E-state index is 6.01. The van der Waals surface area contributed by atoms with Gasteiger partial charge in [0.2, 0.25) is 0 Å². The molecule has 6 nitrogen and oxygen atoms in total. The van der Waals surface area contributed by atoms with Crippen LogP contribution in [0.15, 0.2) is 43.1 Å². The zero-order chi connectivity index (χ0) is 16.4. The summed E-state index contributed by atoms with van der Waals surface area (Å²) >= 11 is 0. The van der Waals surface area contributed by atoms with E-state index in [0.29, 0.717) is 5.92 Å². The van der Waals surface area contributed by atoms with E-state index in [-0.39, 0.29) is 0 Å². The molecule has 0 aromatic carbocycles. The molecule has 3 aromatic heterocycles. The van der Waals surface area contributed by atoms with E-state index in [4.69, 9.17) is 4.74 Å². The molecule has 0 unspecified atom stereocenters. The van der Waals surface area contributed by atoms with Gasteiger partial charge >= 0.3 is 0 Å². The zero-order valence-corrected chi connectivity index (χ0v) is 13.8. The fraction of sp³-hybridized carbons (Fsp3) is 0.389. The minimum atomic E-state index is 0.647. The van der Waals surface area contributed by atoms with Crippen molar-refractivity contribution in [3.63, 3.8) is 0 Å². The SMILES string of the molecule is CN1CCC(COc2ccn3c(-c4ccncn4)cnc3c2)CC1. The molecule has 1 aliphatic rings. The summed E-state index contributed by atoms with van der Waals surface area (Å²) in [5.74, 6) is 1.52. The second-order valence-corrected chi connectivity index (χ2v) is 6.39. The molecule has 6 heteroatoms. The smallest absolute Gasteiger partial charge is 0.140 e. The van der Waals surface area contributed by atoms with Gasteiger partial charge in [-0.15, -0.1) is 0 Å². The second-order valence-electron chi connectivity index (χ2n) is 6.39. The Labute approximate surface area is 141 Å². The Morgan fingerprint density at radius 3 is 2.88 bits per heavy atom. The lowest BCUT2D eigenvalue weighted by atomic mass is 9.98. The summed E-state index contributed by atoms with van der Waals surface area (Å²) in [5.41, 5.74) is 2.68. The van der Waals surface area contributed by atoms with Crippen molar-refractivity contribution in [3.05, 3.63) is 43.1 Å². The monoisotopic (exact) mass is 323 g/mol. The van der Waals surface area contributed by atoms with Gasteiger partial charge in [-0.25, -0.2) is 15.0 Å². The number of rotatable bonds is 4. The number of hydrogen-bond donors (Lipinski definition) is 0. The minimum Gasteiger partial charge on any atom is -0.493 e. The van der Waals surface area contributed by atoms with Gasteiger partial charge in [0.25, 0.3) is 0 Å². The van der Waals surface area contributed by atoms with E-state index >= 15 is 0 Å². The molecule has 4 rings (SSSR count). The quantitative estimate of drug-likeness (QED) is 0.738. The highest BCUT2D eigenvalue weighted by molar-refractivity contribution is 5.60. The van der Waals surface area contributed by atoms with Crippen LogP contribution in [-0.4, -0.2) is 51.0 Å². The molecule has 124 valence electrons. The first kappa shape index (κ1) is 15.1. The van der Waals surface area contributed by atoms with Crippen LogP contribution >= 0.6 is 0 Å². The van der Waals surface area contributed by atoms with E-state index in [0.717, 1.165) is 42.5 Å². The maximum absolute atomic E-state index is 6.01. The highest BCUT2D eigenvalue weighted by atomic mass is 16.5. The van der Waals surface area contributed by atoms with Gasteiger partial charge in [-0.3, -0.25) is 4.40 Å². The summed E-state index contributed by atoms with van der Waals surface area (Å²) in [6.45, 7) is 3.11. The standard InChI is InChI=1S/C18H21N5O/c1-22-7-3-14(4-8-22)12-24-15-5-9-23-17(11-20-18(23)10-15)16-2-6-19-13-21-16/h2,5-6,9-11,13-14H,3-4,7-8,12H2,1H3. The molecule has 1 aliphatic heterocycles. The van der Waals surface area contributed by atoms with Gasteiger partial charge in [-0.05, 0) is 51.0 Å². The first-order chi connectivity index (χ1) is 11.8. The molecular formula is C18H21N5O. The van der Waals surface area contributed by atoms with Crippen molar-refractivity contribution in [2.24, 2.45) is 5.92 Å². The highest BCUT2D eigenvalue weighted by Crippen LogP contribution is 2.23. The van der Waals surface area contributed by atoms with Crippen LogP contribution in [0.25, 0.3) is 17.0 Å². The molecule has 0 aliphatic carbocycles. The van der Waals surface area contributed by atoms with Crippen molar-refractivity contribution in [1.82, 2.24) is 24.3 Å². The molecule has 1 saturated heterocycles. The molecule has 0 N–H and O–H groups in total. The summed E-state index contributed by atoms with van der Waals surface area (Å²) in [6.07, 6.45) is 9.52.